The molecule has 23 heavy (non-hydrogen) atoms. The van der Waals surface area contributed by atoms with Gasteiger partial charge in [0.25, 0.3) is 0 Å². The number of aliphatic hydroxyl groups is 2. The van der Waals surface area contributed by atoms with E-state index in [-0.39, 0.29) is 19.2 Å². The summed E-state index contributed by atoms with van der Waals surface area (Å²) in [6.07, 6.45) is 0.412. The molecule has 0 aliphatic rings. The zero-order valence-corrected chi connectivity index (χ0v) is 14.4. The Bertz CT molecular complexity index is 336. The van der Waals surface area contributed by atoms with Gasteiger partial charge < -0.3 is 24.4 Å². The van der Waals surface area contributed by atoms with Gasteiger partial charge in [-0.25, -0.2) is 0 Å². The van der Waals surface area contributed by atoms with Crippen LogP contribution >= 0.6 is 0 Å². The Morgan fingerprint density at radius 1 is 0.913 bits per heavy atom. The predicted molar refractivity (Wildman–Crippen MR) is 89.5 cm³/mol. The quantitative estimate of drug-likeness (QED) is 0.431. The fourth-order valence-electron chi connectivity index (χ4n) is 1.13. The number of hydrogen-bond acceptors (Lipinski definition) is 6. The Labute approximate surface area is 139 Å². The molecule has 1 aromatic rings. The average Bonchev–Trinajstić information content (AvgIpc) is 2.58. The maximum absolute atomic E-state index is 10.8. The molecule has 0 aromatic heterocycles. The highest BCUT2D eigenvalue weighted by molar-refractivity contribution is 5.71. The maximum Gasteiger partial charge on any atom is 0.310 e. The van der Waals surface area contributed by atoms with Crippen molar-refractivity contribution >= 4 is 5.97 Å². The van der Waals surface area contributed by atoms with E-state index in [1.165, 1.54) is 0 Å². The van der Waals surface area contributed by atoms with Crippen LogP contribution < -0.4 is 4.74 Å². The van der Waals surface area contributed by atoms with Crippen molar-refractivity contribution < 1.29 is 29.2 Å². The van der Waals surface area contributed by atoms with Gasteiger partial charge in [-0.15, -0.1) is 0 Å². The Kier molecular flexibility index (Phi) is 21.2. The van der Waals surface area contributed by atoms with Crippen LogP contribution in [0, 0.1) is 0 Å². The number of aliphatic hydroxyl groups excluding tert-OH is 2. The van der Waals surface area contributed by atoms with E-state index in [9.17, 15) is 4.79 Å². The summed E-state index contributed by atoms with van der Waals surface area (Å²) in [5.41, 5.74) is 0. The van der Waals surface area contributed by atoms with Crippen LogP contribution in [-0.2, 0) is 14.3 Å². The van der Waals surface area contributed by atoms with Gasteiger partial charge in [-0.3, -0.25) is 4.79 Å². The molecule has 0 unspecified atom stereocenters. The number of rotatable bonds is 8. The SMILES string of the molecule is CCC(=O)Oc1ccccc1.CCOCC.OCCOCCO. The number of carbonyl (C=O) groups is 1. The van der Waals surface area contributed by atoms with Gasteiger partial charge in [0.05, 0.1) is 26.4 Å². The third-order valence-corrected chi connectivity index (χ3v) is 2.14. The topological polar surface area (TPSA) is 85.2 Å². The van der Waals surface area contributed by atoms with Crippen LogP contribution in [0.5, 0.6) is 5.75 Å². The van der Waals surface area contributed by atoms with Crippen molar-refractivity contribution in [3.63, 3.8) is 0 Å². The molecule has 0 bridgehead atoms. The summed E-state index contributed by atoms with van der Waals surface area (Å²) in [7, 11) is 0. The first-order valence-corrected chi connectivity index (χ1v) is 7.79. The van der Waals surface area contributed by atoms with Crippen molar-refractivity contribution in [1.29, 1.82) is 0 Å². The van der Waals surface area contributed by atoms with Gasteiger partial charge in [-0.05, 0) is 26.0 Å². The average molecular weight is 330 g/mol. The molecule has 6 heteroatoms. The second kappa shape index (κ2) is 20.5. The highest BCUT2D eigenvalue weighted by Crippen LogP contribution is 2.08. The lowest BCUT2D eigenvalue weighted by Gasteiger charge is -1.99. The summed E-state index contributed by atoms with van der Waals surface area (Å²) in [5.74, 6) is 0.413. The first-order valence-electron chi connectivity index (χ1n) is 7.79. The van der Waals surface area contributed by atoms with E-state index < -0.39 is 0 Å². The maximum atomic E-state index is 10.8. The van der Waals surface area contributed by atoms with Crippen LogP contribution in [0.2, 0.25) is 0 Å². The Morgan fingerprint density at radius 3 is 1.78 bits per heavy atom. The number of ether oxygens (including phenoxy) is 3. The fourth-order valence-corrected chi connectivity index (χ4v) is 1.13. The van der Waals surface area contributed by atoms with Crippen LogP contribution in [-0.4, -0.2) is 55.8 Å². The third-order valence-electron chi connectivity index (χ3n) is 2.14. The summed E-state index contributed by atoms with van der Waals surface area (Å²) < 4.78 is 14.4. The summed E-state index contributed by atoms with van der Waals surface area (Å²) in [6, 6.07) is 9.06. The van der Waals surface area contributed by atoms with Gasteiger partial charge in [0.15, 0.2) is 0 Å². The Balaban J connectivity index is 0. The molecule has 0 atom stereocenters. The van der Waals surface area contributed by atoms with E-state index in [0.717, 1.165) is 13.2 Å². The molecule has 0 heterocycles. The molecule has 0 amide bonds. The van der Waals surface area contributed by atoms with Crippen molar-refractivity contribution in [2.45, 2.75) is 27.2 Å². The summed E-state index contributed by atoms with van der Waals surface area (Å²) in [5, 5.41) is 16.2. The Morgan fingerprint density at radius 2 is 1.43 bits per heavy atom. The zero-order valence-electron chi connectivity index (χ0n) is 14.4. The summed E-state index contributed by atoms with van der Waals surface area (Å²) in [4.78, 5) is 10.8. The van der Waals surface area contributed by atoms with Gasteiger partial charge in [-0.2, -0.15) is 0 Å². The summed E-state index contributed by atoms with van der Waals surface area (Å²) in [6.45, 7) is 8.13. The normalized spacial score (nSPS) is 9.09. The van der Waals surface area contributed by atoms with Gasteiger partial charge >= 0.3 is 5.97 Å². The third kappa shape index (κ3) is 20.5. The largest absolute Gasteiger partial charge is 0.427 e. The number of para-hydroxylation sites is 1. The zero-order chi connectivity index (χ0) is 17.8. The predicted octanol–water partition coefficient (Wildman–Crippen LogP) is 2.03. The molecule has 134 valence electrons. The molecule has 0 fully saturated rings. The molecule has 0 spiro atoms. The first kappa shape index (κ1) is 23.8. The first-order chi connectivity index (χ1) is 11.2. The minimum atomic E-state index is -0.198. The smallest absolute Gasteiger partial charge is 0.310 e. The lowest BCUT2D eigenvalue weighted by Crippen LogP contribution is -2.04. The minimum Gasteiger partial charge on any atom is -0.427 e. The second-order valence-corrected chi connectivity index (χ2v) is 3.98. The lowest BCUT2D eigenvalue weighted by molar-refractivity contribution is -0.134. The highest BCUT2D eigenvalue weighted by Gasteiger charge is 1.98. The molecule has 2 N–H and O–H groups in total. The molecular weight excluding hydrogens is 300 g/mol. The van der Waals surface area contributed by atoms with Gasteiger partial charge in [0, 0.05) is 19.6 Å². The van der Waals surface area contributed by atoms with Crippen molar-refractivity contribution in [2.24, 2.45) is 0 Å². The molecule has 0 saturated carbocycles. The van der Waals surface area contributed by atoms with E-state index in [1.807, 2.05) is 32.0 Å². The number of benzene rings is 1. The number of esters is 1. The molecular formula is C17H30O6. The van der Waals surface area contributed by atoms with Gasteiger partial charge in [0.1, 0.15) is 5.75 Å². The minimum absolute atomic E-state index is 0.0278. The van der Waals surface area contributed by atoms with Crippen molar-refractivity contribution in [1.82, 2.24) is 0 Å². The van der Waals surface area contributed by atoms with E-state index in [4.69, 9.17) is 19.7 Å². The van der Waals surface area contributed by atoms with E-state index in [1.54, 1.807) is 19.1 Å². The lowest BCUT2D eigenvalue weighted by atomic mass is 10.3. The molecule has 0 radical (unpaired) electrons. The highest BCUT2D eigenvalue weighted by atomic mass is 16.5. The molecule has 0 aliphatic carbocycles. The molecule has 6 nitrogen and oxygen atoms in total. The standard InChI is InChI=1S/C9H10O2.C4H10O3.C4H10O/c1-2-9(10)11-8-6-4-3-5-7-8;5-1-3-7-4-2-6;1-3-5-4-2/h3-7H,2H2,1H3;5-6H,1-4H2;3-4H2,1-2H3. The second-order valence-electron chi connectivity index (χ2n) is 3.98. The summed E-state index contributed by atoms with van der Waals surface area (Å²) >= 11 is 0. The van der Waals surface area contributed by atoms with Crippen molar-refractivity contribution in [2.75, 3.05) is 39.6 Å². The fraction of sp³-hybridized carbons (Fsp3) is 0.588. The molecule has 1 rings (SSSR count). The van der Waals surface area contributed by atoms with Crippen LogP contribution in [0.1, 0.15) is 27.2 Å². The van der Waals surface area contributed by atoms with E-state index >= 15 is 0 Å². The van der Waals surface area contributed by atoms with Crippen molar-refractivity contribution in [3.05, 3.63) is 30.3 Å². The van der Waals surface area contributed by atoms with Gasteiger partial charge in [-0.1, -0.05) is 25.1 Å². The van der Waals surface area contributed by atoms with E-state index in [2.05, 4.69) is 4.74 Å². The Hall–Kier alpha value is -1.47. The van der Waals surface area contributed by atoms with Gasteiger partial charge in [0.2, 0.25) is 0 Å². The van der Waals surface area contributed by atoms with E-state index in [0.29, 0.717) is 25.4 Å². The number of carbonyl (C=O) groups excluding carboxylic acids is 1. The van der Waals surface area contributed by atoms with Crippen LogP contribution in [0.25, 0.3) is 0 Å². The number of hydrogen-bond donors (Lipinski definition) is 2. The van der Waals surface area contributed by atoms with Crippen molar-refractivity contribution in [3.8, 4) is 5.75 Å². The monoisotopic (exact) mass is 330 g/mol. The van der Waals surface area contributed by atoms with Crippen LogP contribution in [0.3, 0.4) is 0 Å². The molecule has 0 aliphatic heterocycles. The van der Waals surface area contributed by atoms with Crippen LogP contribution in [0.15, 0.2) is 30.3 Å². The molecule has 0 saturated heterocycles. The molecule has 1 aromatic carbocycles. The van der Waals surface area contributed by atoms with Crippen LogP contribution in [0.4, 0.5) is 0 Å².